The molecule has 0 aromatic rings. The van der Waals surface area contributed by atoms with Crippen LogP contribution in [0, 0.1) is 5.92 Å². The second-order valence-electron chi connectivity index (χ2n) is 6.20. The molecule has 4 nitrogen and oxygen atoms in total. The predicted octanol–water partition coefficient (Wildman–Crippen LogP) is 2.48. The van der Waals surface area contributed by atoms with Gasteiger partial charge in [-0.25, -0.2) is 4.79 Å². The van der Waals surface area contributed by atoms with Crippen LogP contribution in [-0.4, -0.2) is 54.3 Å². The summed E-state index contributed by atoms with van der Waals surface area (Å²) < 4.78 is 5.78. The van der Waals surface area contributed by atoms with Gasteiger partial charge in [-0.15, -0.1) is 0 Å². The van der Waals surface area contributed by atoms with Gasteiger partial charge < -0.3 is 15.0 Å². The first-order valence-corrected chi connectivity index (χ1v) is 9.14. The van der Waals surface area contributed by atoms with Crippen molar-refractivity contribution in [1.29, 1.82) is 0 Å². The molecule has 1 N–H and O–H groups in total. The van der Waals surface area contributed by atoms with Gasteiger partial charge in [-0.05, 0) is 50.2 Å². The molecule has 0 aromatic heterocycles. The average Bonchev–Trinajstić information content (AvgIpc) is 3.18. The highest BCUT2D eigenvalue weighted by Crippen LogP contribution is 2.29. The highest BCUT2D eigenvalue weighted by molar-refractivity contribution is 8.00. The number of nitrogens with one attached hydrogen (secondary N) is 1. The van der Waals surface area contributed by atoms with Crippen LogP contribution in [0.1, 0.15) is 38.5 Å². The first kappa shape index (κ1) is 14.5. The molecule has 3 fully saturated rings. The SMILES string of the molecule is O=C(NC[C@@H]1CCCS1)N1CCC([C@H]2CCCO2)CC1. The molecule has 0 radical (unpaired) electrons. The zero-order chi connectivity index (χ0) is 13.8. The van der Waals surface area contributed by atoms with Crippen LogP contribution < -0.4 is 5.32 Å². The lowest BCUT2D eigenvalue weighted by Crippen LogP contribution is -2.47. The van der Waals surface area contributed by atoms with Gasteiger partial charge in [0.25, 0.3) is 0 Å². The Hall–Kier alpha value is -0.420. The highest BCUT2D eigenvalue weighted by atomic mass is 32.2. The number of hydrogen-bond acceptors (Lipinski definition) is 3. The maximum atomic E-state index is 12.2. The number of ether oxygens (including phenoxy) is 1. The molecule has 3 aliphatic heterocycles. The number of urea groups is 1. The Bertz CT molecular complexity index is 320. The third-order valence-electron chi connectivity index (χ3n) is 4.82. The van der Waals surface area contributed by atoms with E-state index in [1.54, 1.807) is 0 Å². The molecule has 2 amide bonds. The van der Waals surface area contributed by atoms with Crippen molar-refractivity contribution < 1.29 is 9.53 Å². The zero-order valence-electron chi connectivity index (χ0n) is 12.2. The number of carbonyl (C=O) groups is 1. The summed E-state index contributed by atoms with van der Waals surface area (Å²) >= 11 is 2.00. The van der Waals surface area contributed by atoms with Crippen LogP contribution in [0.5, 0.6) is 0 Å². The number of thioether (sulfide) groups is 1. The van der Waals surface area contributed by atoms with E-state index in [4.69, 9.17) is 4.74 Å². The molecule has 3 saturated heterocycles. The van der Waals surface area contributed by atoms with E-state index in [0.29, 0.717) is 17.3 Å². The van der Waals surface area contributed by atoms with Gasteiger partial charge >= 0.3 is 6.03 Å². The minimum atomic E-state index is 0.142. The van der Waals surface area contributed by atoms with Crippen LogP contribution in [0.15, 0.2) is 0 Å². The number of rotatable bonds is 3. The summed E-state index contributed by atoms with van der Waals surface area (Å²) in [4.78, 5) is 14.1. The Morgan fingerprint density at radius 1 is 1.20 bits per heavy atom. The highest BCUT2D eigenvalue weighted by Gasteiger charge is 2.31. The molecule has 20 heavy (non-hydrogen) atoms. The van der Waals surface area contributed by atoms with Gasteiger partial charge in [0.2, 0.25) is 0 Å². The summed E-state index contributed by atoms with van der Waals surface area (Å²) in [5.74, 6) is 1.93. The molecule has 0 bridgehead atoms. The Balaban J connectivity index is 1.37. The van der Waals surface area contributed by atoms with E-state index in [-0.39, 0.29) is 6.03 Å². The van der Waals surface area contributed by atoms with E-state index in [1.165, 1.54) is 31.4 Å². The van der Waals surface area contributed by atoms with E-state index in [1.807, 2.05) is 16.7 Å². The number of amides is 2. The molecule has 0 aliphatic carbocycles. The Morgan fingerprint density at radius 2 is 2.05 bits per heavy atom. The summed E-state index contributed by atoms with van der Waals surface area (Å²) in [6.45, 7) is 3.57. The van der Waals surface area contributed by atoms with Crippen LogP contribution in [-0.2, 0) is 4.74 Å². The lowest BCUT2D eigenvalue weighted by atomic mass is 9.90. The van der Waals surface area contributed by atoms with Crippen molar-refractivity contribution in [3.05, 3.63) is 0 Å². The van der Waals surface area contributed by atoms with Crippen molar-refractivity contribution in [2.24, 2.45) is 5.92 Å². The van der Waals surface area contributed by atoms with E-state index >= 15 is 0 Å². The van der Waals surface area contributed by atoms with E-state index < -0.39 is 0 Å². The topological polar surface area (TPSA) is 41.6 Å². The molecule has 3 heterocycles. The molecule has 0 aromatic carbocycles. The Morgan fingerprint density at radius 3 is 2.70 bits per heavy atom. The summed E-state index contributed by atoms with van der Waals surface area (Å²) in [7, 11) is 0. The number of likely N-dealkylation sites (tertiary alicyclic amines) is 1. The molecule has 3 aliphatic rings. The standard InChI is InChI=1S/C15H26N2O2S/c18-15(16-11-13-3-2-10-20-13)17-7-5-12(6-8-17)14-4-1-9-19-14/h12-14H,1-11H2,(H,16,18)/t13-,14+/m0/s1. The molecule has 0 spiro atoms. The lowest BCUT2D eigenvalue weighted by molar-refractivity contribution is 0.0372. The van der Waals surface area contributed by atoms with Crippen molar-refractivity contribution in [2.75, 3.05) is 32.0 Å². The van der Waals surface area contributed by atoms with Crippen molar-refractivity contribution >= 4 is 17.8 Å². The molecule has 2 atom stereocenters. The fourth-order valence-electron chi connectivity index (χ4n) is 3.57. The molecule has 0 unspecified atom stereocenters. The lowest BCUT2D eigenvalue weighted by Gasteiger charge is -2.34. The maximum Gasteiger partial charge on any atom is 0.317 e. The fraction of sp³-hybridized carbons (Fsp3) is 0.933. The number of hydrogen-bond donors (Lipinski definition) is 1. The minimum absolute atomic E-state index is 0.142. The number of carbonyl (C=O) groups excluding carboxylic acids is 1. The Labute approximate surface area is 126 Å². The van der Waals surface area contributed by atoms with Gasteiger partial charge in [0.15, 0.2) is 0 Å². The molecule has 3 rings (SSSR count). The third kappa shape index (κ3) is 3.61. The second kappa shape index (κ2) is 7.03. The number of piperidine rings is 1. The number of nitrogens with zero attached hydrogens (tertiary/aromatic N) is 1. The van der Waals surface area contributed by atoms with Gasteiger partial charge in [0.05, 0.1) is 6.10 Å². The first-order chi connectivity index (χ1) is 9.83. The van der Waals surface area contributed by atoms with E-state index in [0.717, 1.165) is 39.1 Å². The van der Waals surface area contributed by atoms with Crippen molar-refractivity contribution in [1.82, 2.24) is 10.2 Å². The largest absolute Gasteiger partial charge is 0.378 e. The van der Waals surface area contributed by atoms with Gasteiger partial charge in [0.1, 0.15) is 0 Å². The summed E-state index contributed by atoms with van der Waals surface area (Å²) in [5.41, 5.74) is 0. The predicted molar refractivity (Wildman–Crippen MR) is 82.1 cm³/mol. The molecular formula is C15H26N2O2S. The van der Waals surface area contributed by atoms with Crippen molar-refractivity contribution in [2.45, 2.75) is 49.9 Å². The average molecular weight is 298 g/mol. The van der Waals surface area contributed by atoms with Gasteiger partial charge in [-0.1, -0.05) is 0 Å². The second-order valence-corrected chi connectivity index (χ2v) is 7.61. The van der Waals surface area contributed by atoms with Crippen molar-refractivity contribution in [3.8, 4) is 0 Å². The van der Waals surface area contributed by atoms with E-state index in [2.05, 4.69) is 5.32 Å². The molecular weight excluding hydrogens is 272 g/mol. The zero-order valence-corrected chi connectivity index (χ0v) is 13.0. The molecule has 5 heteroatoms. The van der Waals surface area contributed by atoms with Crippen LogP contribution in [0.25, 0.3) is 0 Å². The summed E-state index contributed by atoms with van der Waals surface area (Å²) in [5, 5.41) is 3.76. The van der Waals surface area contributed by atoms with E-state index in [9.17, 15) is 4.79 Å². The van der Waals surface area contributed by atoms with Gasteiger partial charge in [0, 0.05) is 31.5 Å². The fourth-order valence-corrected chi connectivity index (χ4v) is 4.77. The monoisotopic (exact) mass is 298 g/mol. The smallest absolute Gasteiger partial charge is 0.317 e. The van der Waals surface area contributed by atoms with Gasteiger partial charge in [-0.2, -0.15) is 11.8 Å². The van der Waals surface area contributed by atoms with Crippen molar-refractivity contribution in [3.63, 3.8) is 0 Å². The van der Waals surface area contributed by atoms with Crippen LogP contribution in [0.4, 0.5) is 4.79 Å². The van der Waals surface area contributed by atoms with Crippen LogP contribution in [0.3, 0.4) is 0 Å². The quantitative estimate of drug-likeness (QED) is 0.870. The normalized spacial score (nSPS) is 31.7. The van der Waals surface area contributed by atoms with Crippen LogP contribution in [0.2, 0.25) is 0 Å². The third-order valence-corrected chi connectivity index (χ3v) is 6.22. The van der Waals surface area contributed by atoms with Gasteiger partial charge in [-0.3, -0.25) is 0 Å². The Kier molecular flexibility index (Phi) is 5.10. The summed E-state index contributed by atoms with van der Waals surface area (Å²) in [6, 6.07) is 0.142. The molecule has 0 saturated carbocycles. The minimum Gasteiger partial charge on any atom is -0.378 e. The van der Waals surface area contributed by atoms with Crippen LogP contribution >= 0.6 is 11.8 Å². The first-order valence-electron chi connectivity index (χ1n) is 8.09. The maximum absolute atomic E-state index is 12.2. The molecule has 114 valence electrons. The summed E-state index contributed by atoms with van der Waals surface area (Å²) in [6.07, 6.45) is 7.67.